The summed E-state index contributed by atoms with van der Waals surface area (Å²) in [7, 11) is 0. The number of pyridine rings is 1. The molecular weight excluding hydrogens is 248 g/mol. The first-order valence-electron chi connectivity index (χ1n) is 7.13. The van der Waals surface area contributed by atoms with Gasteiger partial charge >= 0.3 is 0 Å². The van der Waals surface area contributed by atoms with Crippen molar-refractivity contribution in [2.75, 3.05) is 13.2 Å². The van der Waals surface area contributed by atoms with Gasteiger partial charge in [-0.15, -0.1) is 0 Å². The Hall–Kier alpha value is -1.71. The van der Waals surface area contributed by atoms with Gasteiger partial charge < -0.3 is 10.5 Å². The molecule has 0 atom stereocenters. The second kappa shape index (κ2) is 8.46. The van der Waals surface area contributed by atoms with E-state index in [-0.39, 0.29) is 0 Å². The number of hydrogen-bond acceptors (Lipinski definition) is 3. The zero-order valence-corrected chi connectivity index (χ0v) is 11.8. The second-order valence-corrected chi connectivity index (χ2v) is 4.87. The van der Waals surface area contributed by atoms with Crippen molar-refractivity contribution in [3.05, 3.63) is 65.5 Å². The van der Waals surface area contributed by atoms with E-state index in [0.29, 0.717) is 13.2 Å². The fourth-order valence-corrected chi connectivity index (χ4v) is 2.09. The molecule has 2 N–H and O–H groups in total. The number of hydrogen-bond donors (Lipinski definition) is 1. The average Bonchev–Trinajstić information content (AvgIpc) is 2.50. The molecule has 2 rings (SSSR count). The van der Waals surface area contributed by atoms with E-state index in [9.17, 15) is 0 Å². The molecule has 0 saturated carbocycles. The first-order chi connectivity index (χ1) is 9.88. The molecule has 0 saturated heterocycles. The second-order valence-electron chi connectivity index (χ2n) is 4.87. The van der Waals surface area contributed by atoms with Crippen LogP contribution in [-0.4, -0.2) is 18.1 Å². The van der Waals surface area contributed by atoms with Crippen molar-refractivity contribution >= 4 is 0 Å². The van der Waals surface area contributed by atoms with Gasteiger partial charge in [-0.2, -0.15) is 0 Å². The molecule has 0 aliphatic heterocycles. The number of rotatable bonds is 8. The van der Waals surface area contributed by atoms with Gasteiger partial charge in [0.2, 0.25) is 0 Å². The van der Waals surface area contributed by atoms with E-state index in [1.807, 2.05) is 12.4 Å². The predicted octanol–water partition coefficient (Wildman–Crippen LogP) is 2.73. The van der Waals surface area contributed by atoms with Crippen LogP contribution in [0.25, 0.3) is 0 Å². The van der Waals surface area contributed by atoms with Gasteiger partial charge in [0.25, 0.3) is 0 Å². The highest BCUT2D eigenvalue weighted by Gasteiger charge is 1.96. The van der Waals surface area contributed by atoms with Crippen molar-refractivity contribution < 1.29 is 4.74 Å². The Morgan fingerprint density at radius 2 is 1.50 bits per heavy atom. The summed E-state index contributed by atoms with van der Waals surface area (Å²) in [5, 5.41) is 0. The Balaban J connectivity index is 1.63. The number of benzene rings is 1. The summed E-state index contributed by atoms with van der Waals surface area (Å²) in [5.41, 5.74) is 9.35. The number of aryl methyl sites for hydroxylation is 1. The standard InChI is InChI=1S/C17H22N2O/c18-10-7-16-3-5-17(6-4-16)14-20-13-1-2-15-8-11-19-12-9-15/h3-6,8-9,11-12H,1-2,7,10,13-14,18H2. The molecule has 3 heteroatoms. The smallest absolute Gasteiger partial charge is 0.0716 e. The van der Waals surface area contributed by atoms with Crippen molar-refractivity contribution in [2.45, 2.75) is 25.9 Å². The van der Waals surface area contributed by atoms with E-state index in [1.54, 1.807) is 0 Å². The minimum absolute atomic E-state index is 0.680. The first-order valence-corrected chi connectivity index (χ1v) is 7.13. The van der Waals surface area contributed by atoms with E-state index in [4.69, 9.17) is 10.5 Å². The number of ether oxygens (including phenoxy) is 1. The van der Waals surface area contributed by atoms with Gasteiger partial charge in [0.15, 0.2) is 0 Å². The Kier molecular flexibility index (Phi) is 6.21. The summed E-state index contributed by atoms with van der Waals surface area (Å²) in [4.78, 5) is 4.01. The van der Waals surface area contributed by atoms with E-state index in [2.05, 4.69) is 41.4 Å². The lowest BCUT2D eigenvalue weighted by molar-refractivity contribution is 0.118. The fraction of sp³-hybridized carbons (Fsp3) is 0.353. The zero-order valence-electron chi connectivity index (χ0n) is 11.8. The van der Waals surface area contributed by atoms with Crippen LogP contribution in [0.15, 0.2) is 48.8 Å². The lowest BCUT2D eigenvalue weighted by atomic mass is 10.1. The molecule has 106 valence electrons. The SMILES string of the molecule is NCCc1ccc(COCCCc2ccncc2)cc1. The quantitative estimate of drug-likeness (QED) is 0.750. The summed E-state index contributed by atoms with van der Waals surface area (Å²) < 4.78 is 5.70. The van der Waals surface area contributed by atoms with E-state index in [0.717, 1.165) is 25.9 Å². The number of nitrogens with zero attached hydrogens (tertiary/aromatic N) is 1. The van der Waals surface area contributed by atoms with E-state index < -0.39 is 0 Å². The number of aromatic nitrogens is 1. The normalized spacial score (nSPS) is 10.7. The fourth-order valence-electron chi connectivity index (χ4n) is 2.09. The van der Waals surface area contributed by atoms with Gasteiger partial charge in [-0.3, -0.25) is 4.98 Å². The molecule has 1 aromatic carbocycles. The molecule has 2 aromatic rings. The molecule has 0 fully saturated rings. The van der Waals surface area contributed by atoms with E-state index in [1.165, 1.54) is 16.7 Å². The highest BCUT2D eigenvalue weighted by molar-refractivity contribution is 5.22. The third-order valence-corrected chi connectivity index (χ3v) is 3.23. The maximum atomic E-state index is 5.70. The summed E-state index contributed by atoms with van der Waals surface area (Å²) >= 11 is 0. The molecule has 0 bridgehead atoms. The van der Waals surface area contributed by atoms with Crippen LogP contribution in [0.5, 0.6) is 0 Å². The van der Waals surface area contributed by atoms with Crippen molar-refractivity contribution in [1.82, 2.24) is 4.98 Å². The Labute approximate surface area is 120 Å². The molecule has 1 aromatic heterocycles. The molecule has 20 heavy (non-hydrogen) atoms. The topological polar surface area (TPSA) is 48.1 Å². The van der Waals surface area contributed by atoms with Crippen LogP contribution in [-0.2, 0) is 24.2 Å². The van der Waals surface area contributed by atoms with Crippen LogP contribution in [0.3, 0.4) is 0 Å². The van der Waals surface area contributed by atoms with Crippen LogP contribution < -0.4 is 5.73 Å². The minimum atomic E-state index is 0.680. The van der Waals surface area contributed by atoms with Crippen LogP contribution in [0.1, 0.15) is 23.1 Å². The molecule has 1 heterocycles. The summed E-state index contributed by atoms with van der Waals surface area (Å²) in [5.74, 6) is 0. The molecule has 0 amide bonds. The van der Waals surface area contributed by atoms with Gasteiger partial charge in [0, 0.05) is 19.0 Å². The highest BCUT2D eigenvalue weighted by Crippen LogP contribution is 2.07. The van der Waals surface area contributed by atoms with Crippen LogP contribution in [0.2, 0.25) is 0 Å². The van der Waals surface area contributed by atoms with Crippen LogP contribution >= 0.6 is 0 Å². The maximum absolute atomic E-state index is 5.70. The van der Waals surface area contributed by atoms with Crippen molar-refractivity contribution in [2.24, 2.45) is 5.73 Å². The van der Waals surface area contributed by atoms with Gasteiger partial charge in [-0.25, -0.2) is 0 Å². The van der Waals surface area contributed by atoms with Gasteiger partial charge in [0.05, 0.1) is 6.61 Å². The Bertz CT molecular complexity index is 482. The molecule has 0 aliphatic rings. The van der Waals surface area contributed by atoms with Gasteiger partial charge in [-0.05, 0) is 54.6 Å². The maximum Gasteiger partial charge on any atom is 0.0716 e. The summed E-state index contributed by atoms with van der Waals surface area (Å²) in [6, 6.07) is 12.6. The summed E-state index contributed by atoms with van der Waals surface area (Å²) in [6.07, 6.45) is 6.68. The van der Waals surface area contributed by atoms with E-state index >= 15 is 0 Å². The van der Waals surface area contributed by atoms with Crippen LogP contribution in [0.4, 0.5) is 0 Å². The molecule has 0 unspecified atom stereocenters. The lowest BCUT2D eigenvalue weighted by Gasteiger charge is -2.06. The van der Waals surface area contributed by atoms with Crippen molar-refractivity contribution in [3.8, 4) is 0 Å². The average molecular weight is 270 g/mol. The molecule has 0 spiro atoms. The van der Waals surface area contributed by atoms with Crippen LogP contribution in [0, 0.1) is 0 Å². The third kappa shape index (κ3) is 5.11. The molecule has 0 radical (unpaired) electrons. The largest absolute Gasteiger partial charge is 0.377 e. The zero-order chi connectivity index (χ0) is 14.0. The first kappa shape index (κ1) is 14.7. The highest BCUT2D eigenvalue weighted by atomic mass is 16.5. The number of nitrogens with two attached hydrogens (primary N) is 1. The predicted molar refractivity (Wildman–Crippen MR) is 81.4 cm³/mol. The molecule has 0 aliphatic carbocycles. The van der Waals surface area contributed by atoms with Crippen molar-refractivity contribution in [3.63, 3.8) is 0 Å². The van der Waals surface area contributed by atoms with Crippen molar-refractivity contribution in [1.29, 1.82) is 0 Å². The Morgan fingerprint density at radius 1 is 0.850 bits per heavy atom. The van der Waals surface area contributed by atoms with Gasteiger partial charge in [0.1, 0.15) is 0 Å². The molecular formula is C17H22N2O. The minimum Gasteiger partial charge on any atom is -0.377 e. The Morgan fingerprint density at radius 3 is 2.20 bits per heavy atom. The third-order valence-electron chi connectivity index (χ3n) is 3.23. The summed E-state index contributed by atoms with van der Waals surface area (Å²) in [6.45, 7) is 2.16. The molecule has 3 nitrogen and oxygen atoms in total. The lowest BCUT2D eigenvalue weighted by Crippen LogP contribution is -2.03. The monoisotopic (exact) mass is 270 g/mol. The van der Waals surface area contributed by atoms with Gasteiger partial charge in [-0.1, -0.05) is 24.3 Å².